The SMILES string of the molecule is C[C@]1(C(=O)Nc2ccon2)CC(c2cccc(F)c2)=NO1. The Morgan fingerprint density at radius 2 is 2.29 bits per heavy atom. The molecular weight excluding hydrogens is 277 g/mol. The second kappa shape index (κ2) is 5.01. The molecule has 1 aliphatic rings. The highest BCUT2D eigenvalue weighted by atomic mass is 19.1. The summed E-state index contributed by atoms with van der Waals surface area (Å²) in [4.78, 5) is 17.5. The largest absolute Gasteiger partial charge is 0.379 e. The standard InChI is InChI=1S/C14H12FN3O3/c1-14(13(19)16-12-5-6-20-18-12)8-11(17-21-14)9-3-2-4-10(15)7-9/h2-7H,8H2,1H3,(H,16,18,19)/t14-/m1/s1. The van der Waals surface area contributed by atoms with E-state index < -0.39 is 11.5 Å². The zero-order valence-corrected chi connectivity index (χ0v) is 11.2. The summed E-state index contributed by atoms with van der Waals surface area (Å²) in [7, 11) is 0. The number of benzene rings is 1. The molecule has 0 unspecified atom stereocenters. The monoisotopic (exact) mass is 289 g/mol. The fraction of sp³-hybridized carbons (Fsp3) is 0.214. The molecule has 0 radical (unpaired) electrons. The Hall–Kier alpha value is -2.70. The minimum atomic E-state index is -1.17. The van der Waals surface area contributed by atoms with E-state index in [0.29, 0.717) is 17.1 Å². The van der Waals surface area contributed by atoms with Gasteiger partial charge in [-0.1, -0.05) is 22.4 Å². The van der Waals surface area contributed by atoms with E-state index in [1.54, 1.807) is 19.1 Å². The predicted octanol–water partition coefficient (Wildman–Crippen LogP) is 2.34. The lowest BCUT2D eigenvalue weighted by Crippen LogP contribution is -2.40. The Labute approximate surface area is 119 Å². The van der Waals surface area contributed by atoms with Crippen LogP contribution in [0.5, 0.6) is 0 Å². The molecule has 0 saturated carbocycles. The third-order valence-corrected chi connectivity index (χ3v) is 3.18. The van der Waals surface area contributed by atoms with Crippen molar-refractivity contribution >= 4 is 17.4 Å². The molecule has 21 heavy (non-hydrogen) atoms. The van der Waals surface area contributed by atoms with E-state index in [1.807, 2.05) is 0 Å². The summed E-state index contributed by atoms with van der Waals surface area (Å²) in [6.45, 7) is 1.61. The van der Waals surface area contributed by atoms with Gasteiger partial charge in [-0.3, -0.25) is 4.79 Å². The van der Waals surface area contributed by atoms with Gasteiger partial charge in [0.25, 0.3) is 5.91 Å². The quantitative estimate of drug-likeness (QED) is 0.940. The van der Waals surface area contributed by atoms with Gasteiger partial charge in [0.1, 0.15) is 12.1 Å². The van der Waals surface area contributed by atoms with Crippen LogP contribution in [0.15, 0.2) is 46.3 Å². The number of nitrogens with zero attached hydrogens (tertiary/aromatic N) is 2. The molecular formula is C14H12FN3O3. The zero-order chi connectivity index (χ0) is 14.9. The molecule has 0 spiro atoms. The van der Waals surface area contributed by atoms with Gasteiger partial charge in [0.2, 0.25) is 5.60 Å². The van der Waals surface area contributed by atoms with Gasteiger partial charge in [-0.25, -0.2) is 4.39 Å². The maximum absolute atomic E-state index is 13.2. The van der Waals surface area contributed by atoms with Crippen molar-refractivity contribution in [3.05, 3.63) is 48.0 Å². The fourth-order valence-corrected chi connectivity index (χ4v) is 2.01. The molecule has 1 aromatic carbocycles. The molecule has 1 N–H and O–H groups in total. The second-order valence-corrected chi connectivity index (χ2v) is 4.89. The number of aromatic nitrogens is 1. The van der Waals surface area contributed by atoms with Crippen LogP contribution in [-0.4, -0.2) is 22.4 Å². The number of carbonyl (C=O) groups is 1. The second-order valence-electron chi connectivity index (χ2n) is 4.89. The third kappa shape index (κ3) is 2.62. The van der Waals surface area contributed by atoms with Crippen LogP contribution >= 0.6 is 0 Å². The number of halogens is 1. The summed E-state index contributed by atoms with van der Waals surface area (Å²) in [5.74, 6) is -0.466. The first-order chi connectivity index (χ1) is 10.1. The van der Waals surface area contributed by atoms with E-state index in [0.717, 1.165) is 0 Å². The summed E-state index contributed by atoms with van der Waals surface area (Å²) < 4.78 is 17.9. The molecule has 0 saturated heterocycles. The number of carbonyl (C=O) groups excluding carboxylic acids is 1. The Bertz CT molecular complexity index is 699. The number of rotatable bonds is 3. The molecule has 1 atom stereocenters. The summed E-state index contributed by atoms with van der Waals surface area (Å²) in [6, 6.07) is 7.51. The van der Waals surface area contributed by atoms with Crippen LogP contribution < -0.4 is 5.32 Å². The van der Waals surface area contributed by atoms with Crippen LogP contribution in [0.4, 0.5) is 10.2 Å². The highest BCUT2D eigenvalue weighted by molar-refractivity contribution is 6.07. The summed E-state index contributed by atoms with van der Waals surface area (Å²) in [5.41, 5.74) is -0.0547. The van der Waals surface area contributed by atoms with E-state index in [2.05, 4.69) is 20.2 Å². The van der Waals surface area contributed by atoms with Gasteiger partial charge >= 0.3 is 0 Å². The Balaban J connectivity index is 1.73. The Kier molecular flexibility index (Phi) is 3.17. The lowest BCUT2D eigenvalue weighted by molar-refractivity contribution is -0.136. The Morgan fingerprint density at radius 1 is 1.43 bits per heavy atom. The molecule has 2 heterocycles. The molecule has 3 rings (SSSR count). The maximum atomic E-state index is 13.2. The topological polar surface area (TPSA) is 76.7 Å². The van der Waals surface area contributed by atoms with E-state index >= 15 is 0 Å². The minimum absolute atomic E-state index is 0.236. The molecule has 2 aromatic rings. The highest BCUT2D eigenvalue weighted by Gasteiger charge is 2.42. The van der Waals surface area contributed by atoms with Crippen LogP contribution in [0.2, 0.25) is 0 Å². The summed E-state index contributed by atoms with van der Waals surface area (Å²) in [5, 5.41) is 10.1. The predicted molar refractivity (Wildman–Crippen MR) is 72.2 cm³/mol. The van der Waals surface area contributed by atoms with Gasteiger partial charge in [0.05, 0.1) is 5.71 Å². The molecule has 1 amide bonds. The normalized spacial score (nSPS) is 20.8. The van der Waals surface area contributed by atoms with Gasteiger partial charge < -0.3 is 14.7 Å². The number of hydrogen-bond donors (Lipinski definition) is 1. The maximum Gasteiger partial charge on any atom is 0.272 e. The van der Waals surface area contributed by atoms with Gasteiger partial charge in [-0.2, -0.15) is 0 Å². The van der Waals surface area contributed by atoms with Crippen molar-refractivity contribution in [3.8, 4) is 0 Å². The molecule has 1 aliphatic heterocycles. The molecule has 6 nitrogen and oxygen atoms in total. The number of anilines is 1. The summed E-state index contributed by atoms with van der Waals surface area (Å²) in [6.07, 6.45) is 1.59. The van der Waals surface area contributed by atoms with Crippen molar-refractivity contribution in [1.82, 2.24) is 5.16 Å². The zero-order valence-electron chi connectivity index (χ0n) is 11.2. The molecule has 0 aliphatic carbocycles. The molecule has 7 heteroatoms. The van der Waals surface area contributed by atoms with Crippen LogP contribution in [0.3, 0.4) is 0 Å². The van der Waals surface area contributed by atoms with E-state index in [9.17, 15) is 9.18 Å². The number of hydrogen-bond acceptors (Lipinski definition) is 5. The van der Waals surface area contributed by atoms with Crippen LogP contribution in [0, 0.1) is 5.82 Å². The van der Waals surface area contributed by atoms with E-state index in [-0.39, 0.29) is 12.2 Å². The average molecular weight is 289 g/mol. The van der Waals surface area contributed by atoms with Gasteiger partial charge in [-0.15, -0.1) is 0 Å². The molecule has 0 fully saturated rings. The third-order valence-electron chi connectivity index (χ3n) is 3.18. The van der Waals surface area contributed by atoms with Crippen molar-refractivity contribution < 1.29 is 18.5 Å². The van der Waals surface area contributed by atoms with Crippen LogP contribution in [-0.2, 0) is 9.63 Å². The van der Waals surface area contributed by atoms with Gasteiger partial charge in [-0.05, 0) is 19.1 Å². The first kappa shape index (κ1) is 13.3. The van der Waals surface area contributed by atoms with Crippen molar-refractivity contribution in [2.24, 2.45) is 5.16 Å². The van der Waals surface area contributed by atoms with E-state index in [4.69, 9.17) is 4.84 Å². The van der Waals surface area contributed by atoms with Crippen molar-refractivity contribution in [1.29, 1.82) is 0 Å². The molecule has 1 aromatic heterocycles. The first-order valence-corrected chi connectivity index (χ1v) is 6.30. The fourth-order valence-electron chi connectivity index (χ4n) is 2.01. The number of amides is 1. The number of nitrogens with one attached hydrogen (secondary N) is 1. The lowest BCUT2D eigenvalue weighted by Gasteiger charge is -2.19. The number of oxime groups is 1. The molecule has 108 valence electrons. The lowest BCUT2D eigenvalue weighted by atomic mass is 9.95. The minimum Gasteiger partial charge on any atom is -0.379 e. The van der Waals surface area contributed by atoms with Crippen LogP contribution in [0.25, 0.3) is 0 Å². The van der Waals surface area contributed by atoms with Crippen molar-refractivity contribution in [2.75, 3.05) is 5.32 Å². The smallest absolute Gasteiger partial charge is 0.272 e. The molecule has 0 bridgehead atoms. The van der Waals surface area contributed by atoms with E-state index in [1.165, 1.54) is 24.5 Å². The first-order valence-electron chi connectivity index (χ1n) is 6.30. The Morgan fingerprint density at radius 3 is 3.00 bits per heavy atom. The summed E-state index contributed by atoms with van der Waals surface area (Å²) >= 11 is 0. The van der Waals surface area contributed by atoms with Gasteiger partial charge in [0.15, 0.2) is 5.82 Å². The van der Waals surface area contributed by atoms with Crippen molar-refractivity contribution in [3.63, 3.8) is 0 Å². The van der Waals surface area contributed by atoms with Gasteiger partial charge in [0, 0.05) is 18.1 Å². The highest BCUT2D eigenvalue weighted by Crippen LogP contribution is 2.28. The average Bonchev–Trinajstić information content (AvgIpc) is 3.09. The van der Waals surface area contributed by atoms with Crippen LogP contribution in [0.1, 0.15) is 18.9 Å². The van der Waals surface area contributed by atoms with Crippen molar-refractivity contribution in [2.45, 2.75) is 18.9 Å².